The van der Waals surface area contributed by atoms with Crippen molar-refractivity contribution in [2.24, 2.45) is 0 Å². The van der Waals surface area contributed by atoms with Crippen molar-refractivity contribution in [1.29, 1.82) is 0 Å². The lowest BCUT2D eigenvalue weighted by molar-refractivity contribution is 0.270. The Balaban J connectivity index is 2.10. The molecular formula is C9H18N2O3S. The zero-order valence-corrected chi connectivity index (χ0v) is 9.78. The Morgan fingerprint density at radius 1 is 1.27 bits per heavy atom. The van der Waals surface area contributed by atoms with Gasteiger partial charge in [-0.05, 0) is 19.8 Å². The van der Waals surface area contributed by atoms with Gasteiger partial charge in [-0.15, -0.1) is 0 Å². The van der Waals surface area contributed by atoms with Crippen LogP contribution in [0, 0.1) is 0 Å². The van der Waals surface area contributed by atoms with Crippen molar-refractivity contribution in [3.8, 4) is 0 Å². The number of hydrogen-bond acceptors (Lipinski definition) is 4. The molecule has 0 aromatic carbocycles. The molecule has 0 aromatic heterocycles. The quantitative estimate of drug-likeness (QED) is 0.542. The lowest BCUT2D eigenvalue weighted by Crippen LogP contribution is -2.26. The molecule has 0 spiro atoms. The van der Waals surface area contributed by atoms with E-state index in [4.69, 9.17) is 4.55 Å². The van der Waals surface area contributed by atoms with E-state index in [-0.39, 0.29) is 5.75 Å². The van der Waals surface area contributed by atoms with Crippen LogP contribution in [0.1, 0.15) is 19.8 Å². The summed E-state index contributed by atoms with van der Waals surface area (Å²) in [5.41, 5.74) is 0. The Bertz CT molecular complexity index is 313. The molecule has 0 amide bonds. The molecule has 15 heavy (non-hydrogen) atoms. The largest absolute Gasteiger partial charge is 0.359 e. The average molecular weight is 234 g/mol. The summed E-state index contributed by atoms with van der Waals surface area (Å²) in [7, 11) is -3.78. The number of hydrogen-bond donors (Lipinski definition) is 1. The van der Waals surface area contributed by atoms with Gasteiger partial charge in [-0.3, -0.25) is 4.55 Å². The summed E-state index contributed by atoms with van der Waals surface area (Å²) >= 11 is 0. The molecule has 1 heterocycles. The molecule has 1 N–H and O–H groups in total. The zero-order chi connectivity index (χ0) is 11.3. The lowest BCUT2D eigenvalue weighted by Gasteiger charge is -2.19. The van der Waals surface area contributed by atoms with Gasteiger partial charge < -0.3 is 9.80 Å². The first-order valence-corrected chi connectivity index (χ1v) is 6.74. The SMILES string of the molecule is CCN1C=CN(CCCCS(=O)(=O)O)C1. The number of rotatable bonds is 6. The number of unbranched alkanes of at least 4 members (excludes halogenated alkanes) is 1. The van der Waals surface area contributed by atoms with Crippen LogP contribution in [-0.4, -0.2) is 48.3 Å². The van der Waals surface area contributed by atoms with E-state index < -0.39 is 10.1 Å². The topological polar surface area (TPSA) is 60.9 Å². The van der Waals surface area contributed by atoms with E-state index in [2.05, 4.69) is 16.7 Å². The van der Waals surface area contributed by atoms with Gasteiger partial charge in [0.1, 0.15) is 0 Å². The third kappa shape index (κ3) is 5.03. The molecule has 0 saturated carbocycles. The zero-order valence-electron chi connectivity index (χ0n) is 8.96. The first-order chi connectivity index (χ1) is 7.01. The Kier molecular flexibility index (Phi) is 4.41. The Morgan fingerprint density at radius 3 is 2.47 bits per heavy atom. The van der Waals surface area contributed by atoms with Gasteiger partial charge in [0.05, 0.1) is 12.4 Å². The molecule has 1 rings (SSSR count). The second kappa shape index (κ2) is 5.37. The minimum Gasteiger partial charge on any atom is -0.359 e. The van der Waals surface area contributed by atoms with Gasteiger partial charge in [-0.1, -0.05) is 0 Å². The van der Waals surface area contributed by atoms with E-state index in [1.54, 1.807) is 0 Å². The van der Waals surface area contributed by atoms with E-state index >= 15 is 0 Å². The van der Waals surface area contributed by atoms with Crippen LogP contribution in [0.4, 0.5) is 0 Å². The second-order valence-corrected chi connectivity index (χ2v) is 5.22. The van der Waals surface area contributed by atoms with Gasteiger partial charge in [0.25, 0.3) is 10.1 Å². The highest BCUT2D eigenvalue weighted by atomic mass is 32.2. The minimum absolute atomic E-state index is 0.137. The van der Waals surface area contributed by atoms with Crippen molar-refractivity contribution < 1.29 is 13.0 Å². The summed E-state index contributed by atoms with van der Waals surface area (Å²) in [6, 6.07) is 0. The molecule has 0 radical (unpaired) electrons. The molecular weight excluding hydrogens is 216 g/mol. The van der Waals surface area contributed by atoms with E-state index in [1.165, 1.54) is 0 Å². The molecule has 0 aromatic rings. The van der Waals surface area contributed by atoms with Gasteiger partial charge in [-0.25, -0.2) is 0 Å². The summed E-state index contributed by atoms with van der Waals surface area (Å²) in [5, 5.41) is 0. The van der Waals surface area contributed by atoms with Gasteiger partial charge in [0.15, 0.2) is 0 Å². The monoisotopic (exact) mass is 234 g/mol. The van der Waals surface area contributed by atoms with Crippen molar-refractivity contribution in [3.63, 3.8) is 0 Å². The van der Waals surface area contributed by atoms with Crippen LogP contribution in [0.2, 0.25) is 0 Å². The van der Waals surface area contributed by atoms with Crippen LogP contribution in [0.15, 0.2) is 12.4 Å². The summed E-state index contributed by atoms with van der Waals surface area (Å²) in [6.07, 6.45) is 5.33. The first kappa shape index (κ1) is 12.3. The van der Waals surface area contributed by atoms with Crippen molar-refractivity contribution in [2.45, 2.75) is 19.8 Å². The van der Waals surface area contributed by atoms with Gasteiger partial charge in [-0.2, -0.15) is 8.42 Å². The molecule has 0 bridgehead atoms. The molecule has 6 heteroatoms. The molecule has 0 saturated heterocycles. The van der Waals surface area contributed by atoms with Crippen molar-refractivity contribution >= 4 is 10.1 Å². The summed E-state index contributed by atoms with van der Waals surface area (Å²) in [5.74, 6) is -0.137. The molecule has 0 atom stereocenters. The predicted molar refractivity (Wildman–Crippen MR) is 58.7 cm³/mol. The Hall–Kier alpha value is -0.750. The maximum absolute atomic E-state index is 10.4. The highest BCUT2D eigenvalue weighted by molar-refractivity contribution is 7.85. The van der Waals surface area contributed by atoms with Crippen LogP contribution >= 0.6 is 0 Å². The molecule has 0 aliphatic carbocycles. The fraction of sp³-hybridized carbons (Fsp3) is 0.778. The van der Waals surface area contributed by atoms with Crippen LogP contribution < -0.4 is 0 Å². The van der Waals surface area contributed by atoms with Gasteiger partial charge in [0, 0.05) is 25.5 Å². The van der Waals surface area contributed by atoms with Gasteiger partial charge >= 0.3 is 0 Å². The second-order valence-electron chi connectivity index (χ2n) is 3.65. The fourth-order valence-corrected chi connectivity index (χ4v) is 2.04. The smallest absolute Gasteiger partial charge is 0.264 e. The first-order valence-electron chi connectivity index (χ1n) is 5.13. The van der Waals surface area contributed by atoms with Crippen molar-refractivity contribution in [1.82, 2.24) is 9.80 Å². The van der Waals surface area contributed by atoms with E-state index in [9.17, 15) is 8.42 Å². The van der Waals surface area contributed by atoms with Crippen molar-refractivity contribution in [2.75, 3.05) is 25.5 Å². The van der Waals surface area contributed by atoms with E-state index in [0.29, 0.717) is 6.42 Å². The minimum atomic E-state index is -3.78. The van der Waals surface area contributed by atoms with Crippen LogP contribution in [0.3, 0.4) is 0 Å². The molecule has 88 valence electrons. The molecule has 5 nitrogen and oxygen atoms in total. The van der Waals surface area contributed by atoms with Gasteiger partial charge in [0.2, 0.25) is 0 Å². The third-order valence-electron chi connectivity index (χ3n) is 2.36. The summed E-state index contributed by atoms with van der Waals surface area (Å²) in [4.78, 5) is 4.30. The molecule has 1 aliphatic rings. The summed E-state index contributed by atoms with van der Waals surface area (Å²) in [6.45, 7) is 4.79. The highest BCUT2D eigenvalue weighted by Crippen LogP contribution is 2.07. The standard InChI is InChI=1S/C9H18N2O3S/c1-2-10-6-7-11(9-10)5-3-4-8-15(12,13)14/h6-7H,2-5,8-9H2,1H3,(H,12,13,14). The Morgan fingerprint density at radius 2 is 1.93 bits per heavy atom. The third-order valence-corrected chi connectivity index (χ3v) is 3.16. The molecule has 0 fully saturated rings. The van der Waals surface area contributed by atoms with Crippen LogP contribution in [0.25, 0.3) is 0 Å². The molecule has 0 unspecified atom stereocenters. The maximum atomic E-state index is 10.4. The average Bonchev–Trinajstić information content (AvgIpc) is 2.59. The predicted octanol–water partition coefficient (Wildman–Crippen LogP) is 0.721. The maximum Gasteiger partial charge on any atom is 0.264 e. The normalized spacial score (nSPS) is 16.4. The highest BCUT2D eigenvalue weighted by Gasteiger charge is 2.10. The van der Waals surface area contributed by atoms with E-state index in [1.807, 2.05) is 12.4 Å². The molecule has 1 aliphatic heterocycles. The van der Waals surface area contributed by atoms with Crippen molar-refractivity contribution in [3.05, 3.63) is 12.4 Å². The number of nitrogens with zero attached hydrogens (tertiary/aromatic N) is 2. The Labute approximate surface area is 91.1 Å². The van der Waals surface area contributed by atoms with E-state index in [0.717, 1.165) is 26.2 Å². The van der Waals surface area contributed by atoms with Crippen LogP contribution in [0.5, 0.6) is 0 Å². The summed E-state index contributed by atoms with van der Waals surface area (Å²) < 4.78 is 29.4. The fourth-order valence-electron chi connectivity index (χ4n) is 1.47. The van der Waals surface area contributed by atoms with Crippen LogP contribution in [-0.2, 0) is 10.1 Å². The lowest BCUT2D eigenvalue weighted by atomic mass is 10.3.